The summed E-state index contributed by atoms with van der Waals surface area (Å²) < 4.78 is 11.5. The number of aromatic hydroxyl groups is 1. The Kier molecular flexibility index (Phi) is 5.58. The van der Waals surface area contributed by atoms with Crippen LogP contribution in [-0.2, 0) is 11.3 Å². The number of furan rings is 1. The third kappa shape index (κ3) is 3.75. The van der Waals surface area contributed by atoms with Gasteiger partial charge in [0, 0.05) is 10.9 Å². The van der Waals surface area contributed by atoms with Gasteiger partial charge in [0.2, 0.25) is 0 Å². The number of likely N-dealkylation sites (tertiary alicyclic amines) is 1. The average molecular weight is 394 g/mol. The van der Waals surface area contributed by atoms with Gasteiger partial charge in [0.15, 0.2) is 0 Å². The van der Waals surface area contributed by atoms with Crippen LogP contribution in [0.15, 0.2) is 46.9 Å². The quantitative estimate of drug-likeness (QED) is 0.644. The molecule has 1 saturated heterocycles. The Morgan fingerprint density at radius 2 is 2.00 bits per heavy atom. The van der Waals surface area contributed by atoms with Crippen LogP contribution in [0.25, 0.3) is 22.3 Å². The van der Waals surface area contributed by atoms with Gasteiger partial charge in [0.05, 0.1) is 24.8 Å². The summed E-state index contributed by atoms with van der Waals surface area (Å²) in [4.78, 5) is 14.4. The Balaban J connectivity index is 1.90. The van der Waals surface area contributed by atoms with E-state index in [9.17, 15) is 9.90 Å². The molecule has 2 unspecified atom stereocenters. The molecule has 0 spiro atoms. The van der Waals surface area contributed by atoms with Gasteiger partial charge in [-0.05, 0) is 45.2 Å². The van der Waals surface area contributed by atoms with E-state index >= 15 is 0 Å². The van der Waals surface area contributed by atoms with E-state index in [1.165, 1.54) is 24.2 Å². The van der Waals surface area contributed by atoms with Crippen LogP contribution in [0.3, 0.4) is 0 Å². The molecule has 0 aliphatic carbocycles. The van der Waals surface area contributed by atoms with Gasteiger partial charge >= 0.3 is 5.97 Å². The summed E-state index contributed by atoms with van der Waals surface area (Å²) in [6.45, 7) is 6.05. The van der Waals surface area contributed by atoms with Crippen LogP contribution in [0.4, 0.5) is 0 Å². The number of piperidine rings is 1. The van der Waals surface area contributed by atoms with Gasteiger partial charge in [-0.15, -0.1) is 0 Å². The SMILES string of the molecule is CCOC(=O)c1c(-c2ccccc2)oc2ccc(O)c(C[NH+]3CCCCC3C)c12. The molecule has 1 aromatic heterocycles. The van der Waals surface area contributed by atoms with Gasteiger partial charge in [-0.3, -0.25) is 0 Å². The number of hydrogen-bond acceptors (Lipinski definition) is 4. The number of esters is 1. The van der Waals surface area contributed by atoms with Crippen molar-refractivity contribution in [3.05, 3.63) is 53.6 Å². The molecule has 5 nitrogen and oxygen atoms in total. The van der Waals surface area contributed by atoms with Gasteiger partial charge in [0.1, 0.15) is 29.2 Å². The zero-order valence-corrected chi connectivity index (χ0v) is 17.0. The van der Waals surface area contributed by atoms with E-state index in [1.54, 1.807) is 19.1 Å². The highest BCUT2D eigenvalue weighted by Crippen LogP contribution is 2.38. The smallest absolute Gasteiger partial charge is 0.342 e. The molecule has 29 heavy (non-hydrogen) atoms. The largest absolute Gasteiger partial charge is 0.507 e. The number of ether oxygens (including phenoxy) is 1. The number of phenols is 1. The second-order valence-corrected chi connectivity index (χ2v) is 7.81. The maximum atomic E-state index is 13.0. The van der Waals surface area contributed by atoms with E-state index in [4.69, 9.17) is 9.15 Å². The minimum atomic E-state index is -0.418. The van der Waals surface area contributed by atoms with Crippen LogP contribution in [0, 0.1) is 0 Å². The number of phenolic OH excluding ortho intramolecular Hbond substituents is 1. The predicted octanol–water partition coefficient (Wildman–Crippen LogP) is 3.94. The van der Waals surface area contributed by atoms with Crippen LogP contribution >= 0.6 is 0 Å². The zero-order chi connectivity index (χ0) is 20.4. The van der Waals surface area contributed by atoms with Crippen LogP contribution in [0.2, 0.25) is 0 Å². The molecule has 152 valence electrons. The Hall–Kier alpha value is -2.79. The number of hydrogen-bond donors (Lipinski definition) is 2. The van der Waals surface area contributed by atoms with E-state index in [-0.39, 0.29) is 12.4 Å². The molecule has 1 fully saturated rings. The van der Waals surface area contributed by atoms with Crippen LogP contribution < -0.4 is 4.90 Å². The third-order valence-corrected chi connectivity index (χ3v) is 5.94. The molecule has 4 rings (SSSR count). The van der Waals surface area contributed by atoms with Crippen molar-refractivity contribution < 1.29 is 24.0 Å². The highest BCUT2D eigenvalue weighted by atomic mass is 16.5. The first-order valence-electron chi connectivity index (χ1n) is 10.4. The molecule has 2 atom stereocenters. The Morgan fingerprint density at radius 3 is 2.72 bits per heavy atom. The number of quaternary nitrogens is 1. The normalized spacial score (nSPS) is 19.4. The predicted molar refractivity (Wildman–Crippen MR) is 112 cm³/mol. The molecule has 1 aliphatic heterocycles. The summed E-state index contributed by atoms with van der Waals surface area (Å²) in [6, 6.07) is 13.5. The lowest BCUT2D eigenvalue weighted by atomic mass is 9.98. The van der Waals surface area contributed by atoms with Crippen molar-refractivity contribution >= 4 is 16.9 Å². The summed E-state index contributed by atoms with van der Waals surface area (Å²) in [5, 5.41) is 11.4. The van der Waals surface area contributed by atoms with Gasteiger partial charge < -0.3 is 19.2 Å². The minimum Gasteiger partial charge on any atom is -0.507 e. The van der Waals surface area contributed by atoms with E-state index < -0.39 is 5.97 Å². The number of benzene rings is 2. The summed E-state index contributed by atoms with van der Waals surface area (Å²) >= 11 is 0. The lowest BCUT2D eigenvalue weighted by molar-refractivity contribution is -0.941. The molecular formula is C24H28NO4+. The summed E-state index contributed by atoms with van der Waals surface area (Å²) in [7, 11) is 0. The molecule has 0 saturated carbocycles. The first-order chi connectivity index (χ1) is 14.1. The fraction of sp³-hybridized carbons (Fsp3) is 0.375. The maximum Gasteiger partial charge on any atom is 0.342 e. The van der Waals surface area contributed by atoms with E-state index in [2.05, 4.69) is 6.92 Å². The van der Waals surface area contributed by atoms with Crippen molar-refractivity contribution in [2.45, 2.75) is 45.7 Å². The fourth-order valence-electron chi connectivity index (χ4n) is 4.36. The fourth-order valence-corrected chi connectivity index (χ4v) is 4.36. The van der Waals surface area contributed by atoms with Crippen molar-refractivity contribution in [2.75, 3.05) is 13.2 Å². The molecule has 2 heterocycles. The molecule has 1 aliphatic rings. The Labute approximate surface area is 170 Å². The van der Waals surface area contributed by atoms with Gasteiger partial charge in [-0.2, -0.15) is 0 Å². The lowest BCUT2D eigenvalue weighted by Crippen LogP contribution is -3.14. The molecule has 0 radical (unpaired) electrons. The van der Waals surface area contributed by atoms with Gasteiger partial charge in [0.25, 0.3) is 0 Å². The highest BCUT2D eigenvalue weighted by molar-refractivity contribution is 6.10. The molecular weight excluding hydrogens is 366 g/mol. The maximum absolute atomic E-state index is 13.0. The molecule has 2 aromatic carbocycles. The van der Waals surface area contributed by atoms with Crippen molar-refractivity contribution in [3.8, 4) is 17.1 Å². The number of carbonyl (C=O) groups is 1. The van der Waals surface area contributed by atoms with Crippen molar-refractivity contribution in [2.24, 2.45) is 0 Å². The molecule has 0 bridgehead atoms. The molecule has 2 N–H and O–H groups in total. The molecule has 0 amide bonds. The first-order valence-corrected chi connectivity index (χ1v) is 10.4. The third-order valence-electron chi connectivity index (χ3n) is 5.94. The number of rotatable bonds is 5. The summed E-state index contributed by atoms with van der Waals surface area (Å²) in [5.41, 5.74) is 2.59. The second kappa shape index (κ2) is 8.29. The minimum absolute atomic E-state index is 0.203. The number of fused-ring (bicyclic) bond motifs is 1. The van der Waals surface area contributed by atoms with Gasteiger partial charge in [-0.1, -0.05) is 30.3 Å². The van der Waals surface area contributed by atoms with Crippen LogP contribution in [0.5, 0.6) is 5.75 Å². The van der Waals surface area contributed by atoms with Crippen LogP contribution in [0.1, 0.15) is 49.0 Å². The van der Waals surface area contributed by atoms with E-state index in [0.29, 0.717) is 34.9 Å². The summed E-state index contributed by atoms with van der Waals surface area (Å²) in [6.07, 6.45) is 3.61. The number of carbonyl (C=O) groups excluding carboxylic acids is 1. The average Bonchev–Trinajstić information content (AvgIpc) is 3.12. The topological polar surface area (TPSA) is 64.1 Å². The number of nitrogens with one attached hydrogen (secondary N) is 1. The van der Waals surface area contributed by atoms with Gasteiger partial charge in [-0.25, -0.2) is 4.79 Å². The zero-order valence-electron chi connectivity index (χ0n) is 17.0. The summed E-state index contributed by atoms with van der Waals surface area (Å²) in [5.74, 6) is 0.278. The second-order valence-electron chi connectivity index (χ2n) is 7.81. The van der Waals surface area contributed by atoms with E-state index in [1.807, 2.05) is 30.3 Å². The Morgan fingerprint density at radius 1 is 1.21 bits per heavy atom. The molecule has 5 heteroatoms. The highest BCUT2D eigenvalue weighted by Gasteiger charge is 2.30. The van der Waals surface area contributed by atoms with Crippen LogP contribution in [-0.4, -0.2) is 30.3 Å². The van der Waals surface area contributed by atoms with Crippen molar-refractivity contribution in [3.63, 3.8) is 0 Å². The first kappa shape index (κ1) is 19.5. The molecule has 3 aromatic rings. The Bertz CT molecular complexity index is 1010. The van der Waals surface area contributed by atoms with Crippen molar-refractivity contribution in [1.29, 1.82) is 0 Å². The van der Waals surface area contributed by atoms with Crippen molar-refractivity contribution in [1.82, 2.24) is 0 Å². The standard InChI is InChI=1S/C24H27NO4/c1-3-28-24(27)22-21-18(15-25-14-8-7-9-16(25)2)19(26)12-13-20(21)29-23(22)17-10-5-4-6-11-17/h4-6,10-13,16,26H,3,7-9,14-15H2,1-2H3/p+1. The lowest BCUT2D eigenvalue weighted by Gasteiger charge is -2.30. The monoisotopic (exact) mass is 394 g/mol. The van der Waals surface area contributed by atoms with E-state index in [0.717, 1.165) is 17.7 Å².